The third kappa shape index (κ3) is 6.14. The highest BCUT2D eigenvalue weighted by molar-refractivity contribution is 8.24. The van der Waals surface area contributed by atoms with Crippen molar-refractivity contribution in [2.75, 3.05) is 17.0 Å². The molecule has 0 N–H and O–H groups in total. The number of carbonyl (C=O) groups excluding carboxylic acids is 1. The van der Waals surface area contributed by atoms with Gasteiger partial charge in [0.15, 0.2) is 0 Å². The van der Waals surface area contributed by atoms with Crippen molar-refractivity contribution in [2.24, 2.45) is 0 Å². The monoisotopic (exact) mass is 945 g/mol. The molecule has 0 radical (unpaired) electrons. The second-order valence-corrected chi connectivity index (χ2v) is 28.1. The minimum absolute atomic E-state index is 0.0108. The van der Waals surface area contributed by atoms with Crippen molar-refractivity contribution in [1.82, 2.24) is 0 Å². The number of aldehydes is 1. The van der Waals surface area contributed by atoms with E-state index >= 15 is 0 Å². The van der Waals surface area contributed by atoms with E-state index in [1.807, 2.05) is 0 Å². The summed E-state index contributed by atoms with van der Waals surface area (Å²) in [4.78, 5) is 17.0. The summed E-state index contributed by atoms with van der Waals surface area (Å²) in [7, 11) is -1.00. The van der Waals surface area contributed by atoms with E-state index in [2.05, 4.69) is 230 Å². The highest BCUT2D eigenvalue weighted by atomic mass is 36.0. The number of carbonyl (C=O) groups is 1. The molecule has 0 bridgehead atoms. The van der Waals surface area contributed by atoms with Crippen LogP contribution in [0.15, 0.2) is 103 Å². The molecule has 0 unspecified atom stereocenters. The zero-order chi connectivity index (χ0) is 48.1. The largest absolute Gasteiger partial charge is 0.339 e. The number of anilines is 6. The fourth-order valence-electron chi connectivity index (χ4n) is 12.4. The number of halogens is 4. The SMILES string of the molecule is CC1(C)c2cccc3c2N2c4c1cccc4C(C)(C)c1cc(C=O)cc(c12)C3(C)C.CC1(C)c2cccc3c2N2c4c1cccc4C(C)(C)c1cccc(c12)C3(C)C.O=P(Cl)(Cl)Cl.[2H]CF. The first-order valence-corrected chi connectivity index (χ1v) is 26.6. The van der Waals surface area contributed by atoms with Crippen LogP contribution in [-0.2, 0) is 37.1 Å². The number of hydrogen-bond donors (Lipinski definition) is 0. The third-order valence-electron chi connectivity index (χ3n) is 15.9. The molecule has 0 amide bonds. The molecule has 0 saturated carbocycles. The summed E-state index contributed by atoms with van der Waals surface area (Å²) >= 11 is 13.8. The van der Waals surface area contributed by atoms with Crippen molar-refractivity contribution < 1.29 is 15.1 Å². The van der Waals surface area contributed by atoms with E-state index in [4.69, 9.17) is 1.37 Å². The van der Waals surface area contributed by atoms with Crippen molar-refractivity contribution in [1.29, 1.82) is 0 Å². The number of para-hydroxylation sites is 5. The molecule has 6 heterocycles. The van der Waals surface area contributed by atoms with E-state index in [9.17, 15) is 13.8 Å². The van der Waals surface area contributed by atoms with Gasteiger partial charge in [-0.15, -0.1) is 0 Å². The molecule has 336 valence electrons. The maximum atomic E-state index is 11.9. The van der Waals surface area contributed by atoms with Crippen molar-refractivity contribution >= 4 is 79.3 Å². The molecule has 6 aliphatic rings. The normalized spacial score (nSPS) is 19.2. The summed E-state index contributed by atoms with van der Waals surface area (Å²) < 4.78 is 25.0. The Labute approximate surface area is 400 Å². The van der Waals surface area contributed by atoms with E-state index in [1.54, 1.807) is 0 Å². The lowest BCUT2D eigenvalue weighted by atomic mass is 9.60. The molecule has 6 aromatic carbocycles. The van der Waals surface area contributed by atoms with Gasteiger partial charge in [-0.3, -0.25) is 13.8 Å². The second kappa shape index (κ2) is 14.6. The smallest absolute Gasteiger partial charge is 0.309 e. The quantitative estimate of drug-likeness (QED) is 0.122. The summed E-state index contributed by atoms with van der Waals surface area (Å²) in [5, 5.41) is -3.22. The topological polar surface area (TPSA) is 40.6 Å². The molecule has 0 fully saturated rings. The van der Waals surface area contributed by atoms with Gasteiger partial charge >= 0.3 is 5.20 Å². The summed E-state index contributed by atoms with van der Waals surface area (Å²) in [6, 6.07) is 38.6. The zero-order valence-electron chi connectivity index (χ0n) is 40.3. The first-order valence-electron chi connectivity index (χ1n) is 22.9. The summed E-state index contributed by atoms with van der Waals surface area (Å²) in [6.07, 6.45) is 1.00. The Morgan fingerprint density at radius 3 is 0.754 bits per heavy atom. The molecule has 9 heteroatoms. The average Bonchev–Trinajstić information content (AvgIpc) is 3.24. The molecule has 4 nitrogen and oxygen atoms in total. The molecule has 6 aromatic rings. The van der Waals surface area contributed by atoms with Crippen LogP contribution in [0.2, 0.25) is 0 Å². The van der Waals surface area contributed by atoms with Gasteiger partial charge in [0.05, 0.1) is 42.6 Å². The van der Waals surface area contributed by atoms with Gasteiger partial charge in [-0.05, 0) is 113 Å². The van der Waals surface area contributed by atoms with Gasteiger partial charge < -0.3 is 9.80 Å². The highest BCUT2D eigenvalue weighted by Crippen LogP contribution is 2.68. The summed E-state index contributed by atoms with van der Waals surface area (Å²) in [6.45, 7) is 28.3. The number of benzene rings is 6. The summed E-state index contributed by atoms with van der Waals surface area (Å²) in [5.74, 6) is 0. The number of alkyl halides is 1. The van der Waals surface area contributed by atoms with Gasteiger partial charge in [0.1, 0.15) is 6.29 Å². The molecular formula is C56H57Cl3FN2O2P. The molecule has 65 heavy (non-hydrogen) atoms. The van der Waals surface area contributed by atoms with E-state index in [-0.39, 0.29) is 32.5 Å². The molecule has 0 spiro atoms. The highest BCUT2D eigenvalue weighted by Gasteiger charge is 2.53. The van der Waals surface area contributed by atoms with Crippen LogP contribution in [0.3, 0.4) is 0 Å². The fourth-order valence-corrected chi connectivity index (χ4v) is 12.4. The zero-order valence-corrected chi connectivity index (χ0v) is 42.4. The number of rotatable bonds is 1. The molecule has 12 rings (SSSR count). The molecule has 0 aromatic heterocycles. The Hall–Kier alpha value is -4.38. The average molecular weight is 947 g/mol. The molecule has 0 saturated heterocycles. The first-order chi connectivity index (χ1) is 30.7. The lowest BCUT2D eigenvalue weighted by Gasteiger charge is -2.55. The second-order valence-electron chi connectivity index (χ2n) is 21.4. The molecule has 0 atom stereocenters. The van der Waals surface area contributed by atoms with Crippen LogP contribution in [0.1, 0.15) is 162 Å². The Bertz CT molecular complexity index is 2790. The third-order valence-corrected chi connectivity index (χ3v) is 15.9. The van der Waals surface area contributed by atoms with Crippen molar-refractivity contribution in [3.8, 4) is 0 Å². The van der Waals surface area contributed by atoms with Gasteiger partial charge in [0, 0.05) is 38.1 Å². The van der Waals surface area contributed by atoms with E-state index in [1.165, 1.54) is 101 Å². The van der Waals surface area contributed by atoms with E-state index < -0.39 is 12.4 Å². The minimum Gasteiger partial charge on any atom is -0.309 e. The van der Waals surface area contributed by atoms with Gasteiger partial charge in [0.2, 0.25) is 0 Å². The predicted molar refractivity (Wildman–Crippen MR) is 273 cm³/mol. The van der Waals surface area contributed by atoms with Crippen LogP contribution in [0.5, 0.6) is 0 Å². The van der Waals surface area contributed by atoms with Crippen LogP contribution in [0, 0.1) is 0 Å². The fraction of sp³-hybridized carbons (Fsp3) is 0.339. The van der Waals surface area contributed by atoms with Gasteiger partial charge in [0.25, 0.3) is 0 Å². The van der Waals surface area contributed by atoms with Crippen molar-refractivity contribution in [3.05, 3.63) is 175 Å². The van der Waals surface area contributed by atoms with Gasteiger partial charge in [-0.1, -0.05) is 174 Å². The minimum atomic E-state index is -3.22. The van der Waals surface area contributed by atoms with Crippen LogP contribution >= 0.6 is 38.9 Å². The summed E-state index contributed by atoms with van der Waals surface area (Å²) in [5.41, 5.74) is 25.2. The Balaban J connectivity index is 0.000000143. The Morgan fingerprint density at radius 2 is 0.585 bits per heavy atom. The number of hydrogen-bond acceptors (Lipinski definition) is 4. The van der Waals surface area contributed by atoms with Crippen LogP contribution in [0.25, 0.3) is 0 Å². The van der Waals surface area contributed by atoms with Crippen molar-refractivity contribution in [2.45, 2.75) is 116 Å². The molecule has 6 aliphatic heterocycles. The first kappa shape index (κ1) is 44.5. The maximum absolute atomic E-state index is 11.9. The Morgan fingerprint density at radius 1 is 0.431 bits per heavy atom. The predicted octanol–water partition coefficient (Wildman–Crippen LogP) is 17.4. The standard InChI is InChI=1S/C28H27NO.C27H27N.CH3F.Cl3OP/c1-26(2)17-9-7-11-19-23(17)29-24-18(26)10-8-12-20(24)28(5,6)22-14-16(15-30)13-21(25(22)29)27(19,3)4;1-25(2)16-10-7-12-18-22(16)28-23-17(25)11-8-13-19(23)27(5,6)21-15-9-14-20(24(21)28)26(18,3)4;1-2;1-5(2,3)4/h7-15H,1-6H3;7-15H,1-6H3;1H3;/i;;1D;. The van der Waals surface area contributed by atoms with Crippen LogP contribution in [0.4, 0.5) is 38.5 Å². The lowest BCUT2D eigenvalue weighted by molar-refractivity contribution is 0.112. The maximum Gasteiger partial charge on any atom is 0.339 e. The van der Waals surface area contributed by atoms with E-state index in [0.29, 0.717) is 0 Å². The van der Waals surface area contributed by atoms with Crippen LogP contribution in [-0.4, -0.2) is 13.4 Å². The van der Waals surface area contributed by atoms with E-state index in [0.717, 1.165) is 11.8 Å². The molecular weight excluding hydrogens is 889 g/mol. The molecule has 0 aliphatic carbocycles. The van der Waals surface area contributed by atoms with Gasteiger partial charge in [-0.25, -0.2) is 0 Å². The van der Waals surface area contributed by atoms with Crippen molar-refractivity contribution in [3.63, 3.8) is 0 Å². The lowest BCUT2D eigenvalue weighted by Crippen LogP contribution is -2.43. The van der Waals surface area contributed by atoms with Gasteiger partial charge in [-0.2, -0.15) is 0 Å². The number of nitrogens with zero attached hydrogens (tertiary/aromatic N) is 2. The van der Waals surface area contributed by atoms with Crippen LogP contribution < -0.4 is 9.80 Å². The Kier molecular flexibility index (Phi) is 9.96.